The fraction of sp³-hybridized carbons (Fsp3) is 0.375. The second kappa shape index (κ2) is 7.79. The van der Waals surface area contributed by atoms with Gasteiger partial charge in [0.2, 0.25) is 0 Å². The summed E-state index contributed by atoms with van der Waals surface area (Å²) < 4.78 is 10.9. The number of benzene rings is 1. The van der Waals surface area contributed by atoms with Crippen molar-refractivity contribution < 1.29 is 14.3 Å². The lowest BCUT2D eigenvalue weighted by Gasteiger charge is -2.09. The number of hydrogen-bond donors (Lipinski definition) is 1. The lowest BCUT2D eigenvalue weighted by atomic mass is 10.2. The van der Waals surface area contributed by atoms with Gasteiger partial charge >= 0.3 is 0 Å². The SMILES string of the molecule is CCC(C)NC(=O)c1csc(COc2ccccc2OC)n1. The number of ether oxygens (including phenoxy) is 2. The molecule has 0 aliphatic heterocycles. The van der Waals surface area contributed by atoms with E-state index < -0.39 is 0 Å². The fourth-order valence-electron chi connectivity index (χ4n) is 1.76. The molecule has 2 rings (SSSR count). The summed E-state index contributed by atoms with van der Waals surface area (Å²) in [6.07, 6.45) is 0.889. The van der Waals surface area contributed by atoms with Crippen molar-refractivity contribution in [3.8, 4) is 11.5 Å². The topological polar surface area (TPSA) is 60.5 Å². The number of rotatable bonds is 7. The van der Waals surface area contributed by atoms with Crippen LogP contribution in [0.3, 0.4) is 0 Å². The van der Waals surface area contributed by atoms with Crippen LogP contribution in [0.15, 0.2) is 29.6 Å². The largest absolute Gasteiger partial charge is 0.493 e. The van der Waals surface area contributed by atoms with Crippen LogP contribution in [0, 0.1) is 0 Å². The Kier molecular flexibility index (Phi) is 5.77. The molecular weight excluding hydrogens is 300 g/mol. The van der Waals surface area contributed by atoms with E-state index in [0.717, 1.165) is 11.4 Å². The highest BCUT2D eigenvalue weighted by Gasteiger charge is 2.13. The maximum atomic E-state index is 12.0. The van der Waals surface area contributed by atoms with Crippen molar-refractivity contribution >= 4 is 17.2 Å². The molecule has 0 aliphatic rings. The molecular formula is C16H20N2O3S. The van der Waals surface area contributed by atoms with Gasteiger partial charge in [0, 0.05) is 11.4 Å². The maximum absolute atomic E-state index is 12.0. The molecule has 118 valence electrons. The molecule has 1 atom stereocenters. The van der Waals surface area contributed by atoms with Crippen molar-refractivity contribution in [2.75, 3.05) is 7.11 Å². The third-order valence-electron chi connectivity index (χ3n) is 3.19. The average molecular weight is 320 g/mol. The van der Waals surface area contributed by atoms with Gasteiger partial charge in [-0.2, -0.15) is 0 Å². The number of carbonyl (C=O) groups excluding carboxylic acids is 1. The molecule has 6 heteroatoms. The first kappa shape index (κ1) is 16.3. The monoisotopic (exact) mass is 320 g/mol. The Morgan fingerprint density at radius 1 is 1.36 bits per heavy atom. The number of carbonyl (C=O) groups is 1. The zero-order valence-corrected chi connectivity index (χ0v) is 13.8. The van der Waals surface area contributed by atoms with E-state index in [1.54, 1.807) is 12.5 Å². The normalized spacial score (nSPS) is 11.8. The standard InChI is InChI=1S/C16H20N2O3S/c1-4-11(2)17-16(19)12-10-22-15(18-12)9-21-14-8-6-5-7-13(14)20-3/h5-8,10-11H,4,9H2,1-3H3,(H,17,19). The van der Waals surface area contributed by atoms with Crippen LogP contribution in [0.5, 0.6) is 11.5 Å². The minimum atomic E-state index is -0.144. The van der Waals surface area contributed by atoms with E-state index in [2.05, 4.69) is 10.3 Å². The fourth-order valence-corrected chi connectivity index (χ4v) is 2.44. The molecule has 1 aromatic heterocycles. The van der Waals surface area contributed by atoms with Gasteiger partial charge in [0.25, 0.3) is 5.91 Å². The third kappa shape index (κ3) is 4.21. The molecule has 1 heterocycles. The summed E-state index contributed by atoms with van der Waals surface area (Å²) in [5.74, 6) is 1.19. The number of nitrogens with one attached hydrogen (secondary N) is 1. The van der Waals surface area contributed by atoms with Crippen molar-refractivity contribution in [1.29, 1.82) is 0 Å². The van der Waals surface area contributed by atoms with E-state index in [-0.39, 0.29) is 11.9 Å². The van der Waals surface area contributed by atoms with Crippen LogP contribution in [-0.2, 0) is 6.61 Å². The van der Waals surface area contributed by atoms with Crippen LogP contribution >= 0.6 is 11.3 Å². The Hall–Kier alpha value is -2.08. The molecule has 1 unspecified atom stereocenters. The van der Waals surface area contributed by atoms with E-state index in [4.69, 9.17) is 9.47 Å². The average Bonchev–Trinajstić information content (AvgIpc) is 3.02. The van der Waals surface area contributed by atoms with Gasteiger partial charge in [-0.1, -0.05) is 19.1 Å². The smallest absolute Gasteiger partial charge is 0.270 e. The predicted octanol–water partition coefficient (Wildman–Crippen LogP) is 3.26. The Morgan fingerprint density at radius 3 is 2.77 bits per heavy atom. The molecule has 5 nitrogen and oxygen atoms in total. The van der Waals surface area contributed by atoms with Gasteiger partial charge in [0.05, 0.1) is 7.11 Å². The molecule has 0 bridgehead atoms. The molecule has 0 saturated heterocycles. The Morgan fingerprint density at radius 2 is 2.09 bits per heavy atom. The number of para-hydroxylation sites is 2. The Bertz CT molecular complexity index is 627. The number of aromatic nitrogens is 1. The summed E-state index contributed by atoms with van der Waals surface area (Å²) in [6, 6.07) is 7.57. The molecule has 0 aliphatic carbocycles. The summed E-state index contributed by atoms with van der Waals surface area (Å²) in [5, 5.41) is 5.39. The van der Waals surface area contributed by atoms with Crippen LogP contribution in [-0.4, -0.2) is 24.0 Å². The van der Waals surface area contributed by atoms with Gasteiger partial charge in [-0.15, -0.1) is 11.3 Å². The molecule has 0 fully saturated rings. The first-order valence-electron chi connectivity index (χ1n) is 7.15. The first-order chi connectivity index (χ1) is 10.6. The Balaban J connectivity index is 1.96. The number of nitrogens with zero attached hydrogens (tertiary/aromatic N) is 1. The summed E-state index contributed by atoms with van der Waals surface area (Å²) >= 11 is 1.41. The molecule has 0 saturated carbocycles. The number of amides is 1. The summed E-state index contributed by atoms with van der Waals surface area (Å²) in [6.45, 7) is 4.30. The van der Waals surface area contributed by atoms with Crippen molar-refractivity contribution in [3.63, 3.8) is 0 Å². The van der Waals surface area contributed by atoms with Gasteiger partial charge in [-0.05, 0) is 25.5 Å². The molecule has 1 amide bonds. The van der Waals surface area contributed by atoms with Gasteiger partial charge in [0.15, 0.2) is 11.5 Å². The van der Waals surface area contributed by atoms with Crippen molar-refractivity contribution in [1.82, 2.24) is 10.3 Å². The third-order valence-corrected chi connectivity index (χ3v) is 4.02. The molecule has 22 heavy (non-hydrogen) atoms. The van der Waals surface area contributed by atoms with Crippen molar-refractivity contribution in [3.05, 3.63) is 40.3 Å². The first-order valence-corrected chi connectivity index (χ1v) is 8.03. The van der Waals surface area contributed by atoms with Crippen molar-refractivity contribution in [2.24, 2.45) is 0 Å². The van der Waals surface area contributed by atoms with Gasteiger partial charge in [0.1, 0.15) is 17.3 Å². The number of methoxy groups -OCH3 is 1. The van der Waals surface area contributed by atoms with Gasteiger partial charge < -0.3 is 14.8 Å². The molecule has 0 radical (unpaired) electrons. The van der Waals surface area contributed by atoms with E-state index in [1.807, 2.05) is 38.1 Å². The minimum Gasteiger partial charge on any atom is -0.493 e. The highest BCUT2D eigenvalue weighted by molar-refractivity contribution is 7.09. The van der Waals surface area contributed by atoms with Crippen molar-refractivity contribution in [2.45, 2.75) is 32.9 Å². The number of thiazole rings is 1. The van der Waals surface area contributed by atoms with Crippen LogP contribution < -0.4 is 14.8 Å². The lowest BCUT2D eigenvalue weighted by molar-refractivity contribution is 0.0934. The number of hydrogen-bond acceptors (Lipinski definition) is 5. The highest BCUT2D eigenvalue weighted by Crippen LogP contribution is 2.27. The van der Waals surface area contributed by atoms with E-state index in [0.29, 0.717) is 23.8 Å². The predicted molar refractivity (Wildman–Crippen MR) is 86.7 cm³/mol. The van der Waals surface area contributed by atoms with Crippen LogP contribution in [0.25, 0.3) is 0 Å². The zero-order chi connectivity index (χ0) is 15.9. The second-order valence-corrected chi connectivity index (χ2v) is 5.79. The van der Waals surface area contributed by atoms with Crippen LogP contribution in [0.1, 0.15) is 35.8 Å². The van der Waals surface area contributed by atoms with Gasteiger partial charge in [-0.25, -0.2) is 4.98 Å². The van der Waals surface area contributed by atoms with E-state index in [9.17, 15) is 4.79 Å². The Labute approximate surface area is 134 Å². The summed E-state index contributed by atoms with van der Waals surface area (Å²) in [4.78, 5) is 16.3. The highest BCUT2D eigenvalue weighted by atomic mass is 32.1. The molecule has 0 spiro atoms. The quantitative estimate of drug-likeness (QED) is 0.850. The summed E-state index contributed by atoms with van der Waals surface area (Å²) in [7, 11) is 1.60. The second-order valence-electron chi connectivity index (χ2n) is 4.85. The summed E-state index contributed by atoms with van der Waals surface area (Å²) in [5.41, 5.74) is 0.434. The molecule has 1 N–H and O–H groups in total. The molecule has 1 aromatic carbocycles. The van der Waals surface area contributed by atoms with Crippen LogP contribution in [0.2, 0.25) is 0 Å². The van der Waals surface area contributed by atoms with Gasteiger partial charge in [-0.3, -0.25) is 4.79 Å². The minimum absolute atomic E-state index is 0.141. The van der Waals surface area contributed by atoms with Crippen LogP contribution in [0.4, 0.5) is 0 Å². The van der Waals surface area contributed by atoms with E-state index >= 15 is 0 Å². The molecule has 2 aromatic rings. The zero-order valence-electron chi connectivity index (χ0n) is 13.0. The maximum Gasteiger partial charge on any atom is 0.270 e. The lowest BCUT2D eigenvalue weighted by Crippen LogP contribution is -2.32. The van der Waals surface area contributed by atoms with E-state index in [1.165, 1.54) is 11.3 Å².